The van der Waals surface area contributed by atoms with E-state index in [1.807, 2.05) is 6.07 Å². The zero-order valence-corrected chi connectivity index (χ0v) is 20.7. The van der Waals surface area contributed by atoms with E-state index in [9.17, 15) is 19.6 Å². The van der Waals surface area contributed by atoms with Gasteiger partial charge in [0.1, 0.15) is 11.5 Å². The van der Waals surface area contributed by atoms with Gasteiger partial charge in [0.15, 0.2) is 0 Å². The summed E-state index contributed by atoms with van der Waals surface area (Å²) < 4.78 is 10.1. The molecule has 1 heterocycles. The van der Waals surface area contributed by atoms with Crippen LogP contribution in [0.3, 0.4) is 0 Å². The fourth-order valence-corrected chi connectivity index (χ4v) is 4.34. The van der Waals surface area contributed by atoms with Crippen LogP contribution in [0.25, 0.3) is 0 Å². The Kier molecular flexibility index (Phi) is 7.54. The topological polar surface area (TPSA) is 135 Å². The minimum Gasteiger partial charge on any atom is -0.466 e. The van der Waals surface area contributed by atoms with Crippen molar-refractivity contribution in [3.63, 3.8) is 0 Å². The molecule has 38 heavy (non-hydrogen) atoms. The summed E-state index contributed by atoms with van der Waals surface area (Å²) in [6, 6.07) is 26.0. The minimum absolute atomic E-state index is 0.00234. The highest BCUT2D eigenvalue weighted by Crippen LogP contribution is 2.43. The van der Waals surface area contributed by atoms with Crippen LogP contribution in [0.4, 0.5) is 11.4 Å². The molecule has 190 valence electrons. The molecule has 0 aromatic heterocycles. The molecule has 3 aromatic carbocycles. The molecule has 0 fully saturated rings. The molecule has 1 atom stereocenters. The van der Waals surface area contributed by atoms with E-state index in [1.165, 1.54) is 12.0 Å². The Morgan fingerprint density at radius 1 is 0.868 bits per heavy atom. The highest BCUT2D eigenvalue weighted by Gasteiger charge is 2.43. The zero-order valence-electron chi connectivity index (χ0n) is 20.7. The van der Waals surface area contributed by atoms with E-state index < -0.39 is 23.8 Å². The number of nitrogens with zero attached hydrogens (tertiary/aromatic N) is 2. The van der Waals surface area contributed by atoms with Crippen molar-refractivity contribution in [2.45, 2.75) is 5.92 Å². The summed E-state index contributed by atoms with van der Waals surface area (Å²) in [5.41, 5.74) is 7.56. The van der Waals surface area contributed by atoms with Crippen LogP contribution in [-0.2, 0) is 19.1 Å². The van der Waals surface area contributed by atoms with Crippen molar-refractivity contribution in [1.82, 2.24) is 0 Å². The second-order valence-corrected chi connectivity index (χ2v) is 8.17. The first-order chi connectivity index (χ1) is 18.4. The average Bonchev–Trinajstić information content (AvgIpc) is 2.96. The van der Waals surface area contributed by atoms with Crippen molar-refractivity contribution in [1.29, 1.82) is 5.26 Å². The molecule has 0 aliphatic carbocycles. The number of anilines is 2. The number of methoxy groups -OCH3 is 2. The van der Waals surface area contributed by atoms with Gasteiger partial charge >= 0.3 is 11.9 Å². The number of carbonyl (C=O) groups is 3. The number of rotatable bonds is 6. The number of nitrogens with one attached hydrogen (secondary N) is 1. The average molecular weight is 509 g/mol. The van der Waals surface area contributed by atoms with Crippen molar-refractivity contribution >= 4 is 29.2 Å². The van der Waals surface area contributed by atoms with E-state index in [0.29, 0.717) is 11.3 Å². The van der Waals surface area contributed by atoms with E-state index in [1.54, 1.807) is 78.9 Å². The molecule has 9 heteroatoms. The number of amides is 1. The number of para-hydroxylation sites is 2. The molecule has 1 aliphatic heterocycles. The van der Waals surface area contributed by atoms with Gasteiger partial charge in [0.05, 0.1) is 48.6 Å². The van der Waals surface area contributed by atoms with Gasteiger partial charge in [-0.3, -0.25) is 9.69 Å². The number of allylic oxidation sites excluding steroid dienone is 1. The molecule has 0 spiro atoms. The third-order valence-electron chi connectivity index (χ3n) is 6.03. The van der Waals surface area contributed by atoms with Crippen molar-refractivity contribution in [2.24, 2.45) is 5.73 Å². The highest BCUT2D eigenvalue weighted by molar-refractivity contribution is 6.11. The van der Waals surface area contributed by atoms with E-state index in [-0.39, 0.29) is 33.9 Å². The lowest BCUT2D eigenvalue weighted by Crippen LogP contribution is -2.41. The lowest BCUT2D eigenvalue weighted by Gasteiger charge is -2.36. The Bertz CT molecular complexity index is 1490. The van der Waals surface area contributed by atoms with E-state index in [2.05, 4.69) is 11.4 Å². The van der Waals surface area contributed by atoms with Gasteiger partial charge in [0, 0.05) is 5.69 Å². The lowest BCUT2D eigenvalue weighted by atomic mass is 9.80. The molecule has 3 N–H and O–H groups in total. The third kappa shape index (κ3) is 4.70. The maximum Gasteiger partial charge on any atom is 0.355 e. The Morgan fingerprint density at radius 2 is 1.45 bits per heavy atom. The predicted octanol–water partition coefficient (Wildman–Crippen LogP) is 3.84. The number of nitriles is 1. The van der Waals surface area contributed by atoms with Gasteiger partial charge in [-0.05, 0) is 29.8 Å². The van der Waals surface area contributed by atoms with Gasteiger partial charge in [-0.1, -0.05) is 60.7 Å². The molecule has 4 rings (SSSR count). The van der Waals surface area contributed by atoms with Crippen molar-refractivity contribution in [3.05, 3.63) is 119 Å². The summed E-state index contributed by atoms with van der Waals surface area (Å²) in [6.45, 7) is 0. The monoisotopic (exact) mass is 508 g/mol. The maximum absolute atomic E-state index is 13.4. The first-order valence-corrected chi connectivity index (χ1v) is 11.5. The molecule has 1 amide bonds. The van der Waals surface area contributed by atoms with Crippen molar-refractivity contribution < 1.29 is 23.9 Å². The lowest BCUT2D eigenvalue weighted by molar-refractivity contribution is -0.139. The number of benzene rings is 3. The molecule has 1 aliphatic rings. The standard InChI is InChI=1S/C29H24N4O5/c1-37-28(35)24-23(18-11-5-3-6-12-18)21(17-30)26(31)33(25(24)29(36)38-2)22-16-10-9-15-20(22)27(34)32-19-13-7-4-8-14-19/h3-16,23H,31H2,1-2H3,(H,32,34). The van der Waals surface area contributed by atoms with Crippen molar-refractivity contribution in [3.8, 4) is 6.07 Å². The fraction of sp³-hybridized carbons (Fsp3) is 0.103. The van der Waals surface area contributed by atoms with Crippen LogP contribution < -0.4 is 16.0 Å². The van der Waals surface area contributed by atoms with Gasteiger partial charge in [0.25, 0.3) is 5.91 Å². The number of nitrogens with two attached hydrogens (primary N) is 1. The highest BCUT2D eigenvalue weighted by atomic mass is 16.5. The second kappa shape index (κ2) is 11.1. The zero-order chi connectivity index (χ0) is 27.2. The molecule has 0 radical (unpaired) electrons. The first kappa shape index (κ1) is 25.7. The Balaban J connectivity index is 1.99. The van der Waals surface area contributed by atoms with Gasteiger partial charge < -0.3 is 20.5 Å². The SMILES string of the molecule is COC(=O)C1=C(C(=O)OC)N(c2ccccc2C(=O)Nc2ccccc2)C(N)=C(C#N)C1c1ccccc1. The molecule has 3 aromatic rings. The maximum atomic E-state index is 13.4. The first-order valence-electron chi connectivity index (χ1n) is 11.5. The largest absolute Gasteiger partial charge is 0.466 e. The molecule has 0 saturated heterocycles. The predicted molar refractivity (Wildman–Crippen MR) is 140 cm³/mol. The van der Waals surface area contributed by atoms with Crippen LogP contribution in [0, 0.1) is 11.3 Å². The number of hydrogen-bond donors (Lipinski definition) is 2. The summed E-state index contributed by atoms with van der Waals surface area (Å²) >= 11 is 0. The minimum atomic E-state index is -1.01. The Hall–Kier alpha value is -5.36. The molecule has 1 unspecified atom stereocenters. The van der Waals surface area contributed by atoms with Gasteiger partial charge in [-0.2, -0.15) is 5.26 Å². The molecule has 0 bridgehead atoms. The van der Waals surface area contributed by atoms with Crippen molar-refractivity contribution in [2.75, 3.05) is 24.4 Å². The van der Waals surface area contributed by atoms with Gasteiger partial charge in [-0.15, -0.1) is 0 Å². The van der Waals surface area contributed by atoms with E-state index in [0.717, 1.165) is 7.11 Å². The molecular weight excluding hydrogens is 484 g/mol. The molecule has 9 nitrogen and oxygen atoms in total. The van der Waals surface area contributed by atoms with E-state index in [4.69, 9.17) is 15.2 Å². The third-order valence-corrected chi connectivity index (χ3v) is 6.03. The van der Waals surface area contributed by atoms with Crippen LogP contribution >= 0.6 is 0 Å². The Labute approximate surface area is 219 Å². The summed E-state index contributed by atoms with van der Waals surface area (Å²) in [4.78, 5) is 41.1. The number of hydrogen-bond acceptors (Lipinski definition) is 8. The summed E-state index contributed by atoms with van der Waals surface area (Å²) in [5, 5.41) is 13.0. The second-order valence-electron chi connectivity index (χ2n) is 8.17. The quantitative estimate of drug-likeness (QED) is 0.480. The fourth-order valence-electron chi connectivity index (χ4n) is 4.34. The van der Waals surface area contributed by atoms with Gasteiger partial charge in [-0.25, -0.2) is 9.59 Å². The summed E-state index contributed by atoms with van der Waals surface area (Å²) in [5.74, 6) is -3.38. The number of carbonyl (C=O) groups excluding carboxylic acids is 3. The van der Waals surface area contributed by atoms with Crippen LogP contribution in [0.1, 0.15) is 21.8 Å². The Morgan fingerprint density at radius 3 is 2.05 bits per heavy atom. The van der Waals surface area contributed by atoms with Crippen LogP contribution in [0.15, 0.2) is 108 Å². The molecule has 0 saturated carbocycles. The number of ether oxygens (including phenoxy) is 2. The van der Waals surface area contributed by atoms with Crippen LogP contribution in [0.2, 0.25) is 0 Å². The smallest absolute Gasteiger partial charge is 0.355 e. The molecular formula is C29H24N4O5. The summed E-state index contributed by atoms with van der Waals surface area (Å²) in [7, 11) is 2.33. The van der Waals surface area contributed by atoms with Crippen LogP contribution in [0.5, 0.6) is 0 Å². The van der Waals surface area contributed by atoms with E-state index >= 15 is 0 Å². The normalized spacial score (nSPS) is 15.0. The number of esters is 2. The summed E-state index contributed by atoms with van der Waals surface area (Å²) in [6.07, 6.45) is 0. The van der Waals surface area contributed by atoms with Gasteiger partial charge in [0.2, 0.25) is 0 Å². The van der Waals surface area contributed by atoms with Crippen LogP contribution in [-0.4, -0.2) is 32.1 Å².